The Balaban J connectivity index is 0.000000774. The lowest BCUT2D eigenvalue weighted by molar-refractivity contribution is -0.172. The summed E-state index contributed by atoms with van der Waals surface area (Å²) in [5.41, 5.74) is -0.659. The Kier molecular flexibility index (Phi) is 3.57. The van der Waals surface area contributed by atoms with Gasteiger partial charge in [-0.2, -0.15) is 0 Å². The van der Waals surface area contributed by atoms with Crippen molar-refractivity contribution in [1.29, 1.82) is 0 Å². The first-order valence-corrected chi connectivity index (χ1v) is 7.00. The molecule has 3 heterocycles. The number of nitrogens with one attached hydrogen (secondary N) is 1. The fourth-order valence-corrected chi connectivity index (χ4v) is 3.03. The van der Waals surface area contributed by atoms with E-state index in [4.69, 9.17) is 0 Å². The lowest BCUT2D eigenvalue weighted by atomic mass is 9.63. The summed E-state index contributed by atoms with van der Waals surface area (Å²) in [6.45, 7) is 9.05. The van der Waals surface area contributed by atoms with Crippen molar-refractivity contribution in [3.63, 3.8) is 0 Å². The van der Waals surface area contributed by atoms with Crippen LogP contribution >= 0.6 is 0 Å². The summed E-state index contributed by atoms with van der Waals surface area (Å²) in [6, 6.07) is 0. The number of hydrogen-bond acceptors (Lipinski definition) is 4. The molecule has 1 aliphatic carbocycles. The number of imide groups is 2. The highest BCUT2D eigenvalue weighted by Crippen LogP contribution is 2.48. The van der Waals surface area contributed by atoms with Crippen molar-refractivity contribution in [1.82, 2.24) is 10.2 Å². The molecule has 6 heteroatoms. The number of nitrogens with zero attached hydrogens (tertiary/aromatic N) is 1. The zero-order chi connectivity index (χ0) is 15.9. The third kappa shape index (κ3) is 1.78. The number of piperidine rings is 2. The molecular weight excluding hydrogens is 272 g/mol. The van der Waals surface area contributed by atoms with Gasteiger partial charge in [-0.3, -0.25) is 29.4 Å². The van der Waals surface area contributed by atoms with Gasteiger partial charge in [-0.05, 0) is 19.8 Å². The first kappa shape index (κ1) is 15.2. The van der Waals surface area contributed by atoms with Crippen LogP contribution in [0.4, 0.5) is 0 Å². The van der Waals surface area contributed by atoms with Gasteiger partial charge in [0.2, 0.25) is 5.91 Å². The van der Waals surface area contributed by atoms with Crippen molar-refractivity contribution in [2.75, 3.05) is 0 Å². The van der Waals surface area contributed by atoms with Crippen LogP contribution in [0.25, 0.3) is 0 Å². The zero-order valence-electron chi connectivity index (χ0n) is 12.4. The normalized spacial score (nSPS) is 30.6. The van der Waals surface area contributed by atoms with E-state index in [1.165, 1.54) is 13.0 Å². The molecular formula is C15H18N2O4. The second kappa shape index (κ2) is 4.95. The van der Waals surface area contributed by atoms with Crippen molar-refractivity contribution in [2.24, 2.45) is 5.92 Å². The van der Waals surface area contributed by atoms with Gasteiger partial charge in [0.25, 0.3) is 17.7 Å². The quantitative estimate of drug-likeness (QED) is 0.758. The smallest absolute Gasteiger partial charge is 0.262 e. The highest BCUT2D eigenvalue weighted by molar-refractivity contribution is 6.24. The Hall–Kier alpha value is -2.24. The minimum absolute atomic E-state index is 0.229. The van der Waals surface area contributed by atoms with Gasteiger partial charge in [0.05, 0.1) is 0 Å². The predicted molar refractivity (Wildman–Crippen MR) is 74.7 cm³/mol. The van der Waals surface area contributed by atoms with E-state index in [0.29, 0.717) is 5.57 Å². The van der Waals surface area contributed by atoms with Crippen molar-refractivity contribution >= 4 is 23.6 Å². The number of carbonyl (C=O) groups is 4. The molecule has 0 radical (unpaired) electrons. The van der Waals surface area contributed by atoms with E-state index >= 15 is 0 Å². The van der Waals surface area contributed by atoms with E-state index in [2.05, 4.69) is 11.9 Å². The molecule has 6 nitrogen and oxygen atoms in total. The van der Waals surface area contributed by atoms with E-state index in [1.807, 2.05) is 13.8 Å². The van der Waals surface area contributed by atoms with Gasteiger partial charge >= 0.3 is 0 Å². The van der Waals surface area contributed by atoms with Gasteiger partial charge in [-0.15, -0.1) is 0 Å². The van der Waals surface area contributed by atoms with Crippen LogP contribution in [0, 0.1) is 5.92 Å². The Bertz CT molecular complexity index is 597. The molecule has 1 N–H and O–H groups in total. The van der Waals surface area contributed by atoms with Gasteiger partial charge in [0, 0.05) is 17.1 Å². The van der Waals surface area contributed by atoms with Gasteiger partial charge < -0.3 is 0 Å². The molecule has 21 heavy (non-hydrogen) atoms. The molecule has 112 valence electrons. The summed E-state index contributed by atoms with van der Waals surface area (Å²) in [7, 11) is 0. The maximum Gasteiger partial charge on any atom is 0.262 e. The fourth-order valence-electron chi connectivity index (χ4n) is 3.03. The maximum atomic E-state index is 12.2. The SMILES string of the molecule is C=CC1=C(C)C(=O)N(C23CC(C2)C(=O)NC3=O)C1=O.CC. The Morgan fingerprint density at radius 1 is 1.19 bits per heavy atom. The molecule has 0 atom stereocenters. The monoisotopic (exact) mass is 290 g/mol. The van der Waals surface area contributed by atoms with Crippen LogP contribution in [0.5, 0.6) is 0 Å². The van der Waals surface area contributed by atoms with Gasteiger partial charge in [-0.1, -0.05) is 26.5 Å². The molecule has 0 aromatic carbocycles. The highest BCUT2D eigenvalue weighted by atomic mass is 16.2. The van der Waals surface area contributed by atoms with Crippen LogP contribution in [0.15, 0.2) is 23.8 Å². The minimum atomic E-state index is -1.18. The average Bonchev–Trinajstić information content (AvgIpc) is 2.62. The van der Waals surface area contributed by atoms with E-state index in [9.17, 15) is 19.2 Å². The largest absolute Gasteiger partial charge is 0.294 e. The lowest BCUT2D eigenvalue weighted by Gasteiger charge is -2.53. The van der Waals surface area contributed by atoms with Crippen LogP contribution in [0.3, 0.4) is 0 Å². The van der Waals surface area contributed by atoms with E-state index in [1.54, 1.807) is 0 Å². The second-order valence-electron chi connectivity index (χ2n) is 5.14. The van der Waals surface area contributed by atoms with Crippen molar-refractivity contribution in [3.05, 3.63) is 23.8 Å². The van der Waals surface area contributed by atoms with Gasteiger partial charge in [0.15, 0.2) is 0 Å². The summed E-state index contributed by atoms with van der Waals surface area (Å²) in [5.74, 6) is -2.13. The van der Waals surface area contributed by atoms with Crippen LogP contribution in [0.1, 0.15) is 33.6 Å². The molecule has 0 spiro atoms. The van der Waals surface area contributed by atoms with E-state index in [-0.39, 0.29) is 30.2 Å². The number of carbonyl (C=O) groups excluding carboxylic acids is 4. The molecule has 2 saturated heterocycles. The first-order chi connectivity index (χ1) is 9.92. The Morgan fingerprint density at radius 3 is 2.19 bits per heavy atom. The van der Waals surface area contributed by atoms with Crippen molar-refractivity contribution in [2.45, 2.75) is 39.2 Å². The topological polar surface area (TPSA) is 83.6 Å². The van der Waals surface area contributed by atoms with E-state index < -0.39 is 23.3 Å². The predicted octanol–water partition coefficient (Wildman–Crippen LogP) is 0.689. The average molecular weight is 290 g/mol. The van der Waals surface area contributed by atoms with Gasteiger partial charge in [0.1, 0.15) is 5.54 Å². The van der Waals surface area contributed by atoms with Crippen molar-refractivity contribution in [3.8, 4) is 0 Å². The molecule has 4 amide bonds. The molecule has 0 aromatic rings. The van der Waals surface area contributed by atoms with Crippen LogP contribution in [-0.2, 0) is 19.2 Å². The molecule has 4 rings (SSSR count). The summed E-state index contributed by atoms with van der Waals surface area (Å²) >= 11 is 0. The van der Waals surface area contributed by atoms with Crippen LogP contribution < -0.4 is 5.32 Å². The van der Waals surface area contributed by atoms with Crippen LogP contribution in [-0.4, -0.2) is 34.1 Å². The molecule has 0 aromatic heterocycles. The second-order valence-corrected chi connectivity index (χ2v) is 5.14. The third-order valence-corrected chi connectivity index (χ3v) is 4.19. The maximum absolute atomic E-state index is 12.2. The van der Waals surface area contributed by atoms with Crippen molar-refractivity contribution < 1.29 is 19.2 Å². The zero-order valence-corrected chi connectivity index (χ0v) is 12.4. The summed E-state index contributed by atoms with van der Waals surface area (Å²) < 4.78 is 0. The highest BCUT2D eigenvalue weighted by Gasteiger charge is 2.65. The third-order valence-electron chi connectivity index (χ3n) is 4.19. The Morgan fingerprint density at radius 2 is 1.76 bits per heavy atom. The summed E-state index contributed by atoms with van der Waals surface area (Å²) in [6.07, 6.45) is 1.79. The number of hydrogen-bond donors (Lipinski definition) is 1. The van der Waals surface area contributed by atoms with E-state index in [0.717, 1.165) is 4.90 Å². The summed E-state index contributed by atoms with van der Waals surface area (Å²) in [5, 5.41) is 2.22. The number of amides is 4. The lowest BCUT2D eigenvalue weighted by Crippen LogP contribution is -2.74. The fraction of sp³-hybridized carbons (Fsp3) is 0.467. The molecule has 2 bridgehead atoms. The number of rotatable bonds is 2. The Labute approximate surface area is 122 Å². The molecule has 3 aliphatic heterocycles. The summed E-state index contributed by atoms with van der Waals surface area (Å²) in [4.78, 5) is 48.8. The first-order valence-electron chi connectivity index (χ1n) is 7.00. The standard InChI is InChI=1S/C13H12N2O4.C2H6/c1-3-8-6(2)10(17)15(11(8)18)13-4-7(5-13)9(16)14-12(13)19;1-2/h3,7H,1,4-5H2,2H3,(H,14,16,19);1-2H3. The van der Waals surface area contributed by atoms with Crippen LogP contribution in [0.2, 0.25) is 0 Å². The number of fused-ring (bicyclic) bond motifs is 2. The molecule has 0 unspecified atom stereocenters. The molecule has 1 saturated carbocycles. The molecule has 4 aliphatic rings. The minimum Gasteiger partial charge on any atom is -0.294 e. The molecule has 3 fully saturated rings. The van der Waals surface area contributed by atoms with Gasteiger partial charge in [-0.25, -0.2) is 0 Å².